The van der Waals surface area contributed by atoms with Gasteiger partial charge >= 0.3 is 0 Å². The summed E-state index contributed by atoms with van der Waals surface area (Å²) >= 11 is 1.97. The third-order valence-corrected chi connectivity index (χ3v) is 7.28. The molecule has 3 aliphatic rings. The predicted molar refractivity (Wildman–Crippen MR) is 106 cm³/mol. The van der Waals surface area contributed by atoms with Gasteiger partial charge in [0.15, 0.2) is 11.5 Å². The highest BCUT2D eigenvalue weighted by molar-refractivity contribution is 7.12. The predicted octanol–water partition coefficient (Wildman–Crippen LogP) is 2.95. The number of methoxy groups -OCH3 is 1. The molecule has 0 amide bonds. The first-order chi connectivity index (χ1) is 13.2. The van der Waals surface area contributed by atoms with E-state index in [0.717, 1.165) is 58.8 Å². The van der Waals surface area contributed by atoms with Crippen LogP contribution in [0.4, 0.5) is 0 Å². The van der Waals surface area contributed by atoms with Gasteiger partial charge in [-0.2, -0.15) is 0 Å². The number of hydrogen-bond donors (Lipinski definition) is 1. The molecule has 2 aromatic rings. The third-order valence-electron chi connectivity index (χ3n) is 6.09. The lowest BCUT2D eigenvalue weighted by Crippen LogP contribution is -2.38. The monoisotopic (exact) mass is 386 g/mol. The average Bonchev–Trinajstić information content (AvgIpc) is 3.07. The SMILES string of the molecule is COc1cc2c(cc1O)[C@@H]1Cc3sc(CN4CCOCC4)cc3CN1CC2. The van der Waals surface area contributed by atoms with Crippen molar-refractivity contribution in [3.05, 3.63) is 44.6 Å². The van der Waals surface area contributed by atoms with Crippen LogP contribution in [0.15, 0.2) is 18.2 Å². The van der Waals surface area contributed by atoms with Crippen molar-refractivity contribution >= 4 is 11.3 Å². The molecular weight excluding hydrogens is 360 g/mol. The van der Waals surface area contributed by atoms with E-state index in [9.17, 15) is 5.11 Å². The number of phenols is 1. The molecule has 1 aromatic heterocycles. The van der Waals surface area contributed by atoms with E-state index in [4.69, 9.17) is 9.47 Å². The zero-order chi connectivity index (χ0) is 18.4. The molecule has 0 spiro atoms. The average molecular weight is 387 g/mol. The van der Waals surface area contributed by atoms with Gasteiger partial charge in [0, 0.05) is 54.9 Å². The Hall–Kier alpha value is -1.60. The molecule has 0 radical (unpaired) electrons. The Bertz CT molecular complexity index is 844. The molecule has 27 heavy (non-hydrogen) atoms. The Labute approximate surface area is 164 Å². The molecule has 5 rings (SSSR count). The summed E-state index contributed by atoms with van der Waals surface area (Å²) in [4.78, 5) is 8.05. The molecule has 0 saturated carbocycles. The second-order valence-corrected chi connectivity index (χ2v) is 8.93. The van der Waals surface area contributed by atoms with E-state index in [1.807, 2.05) is 23.5 Å². The molecule has 1 N–H and O–H groups in total. The standard InChI is InChI=1S/C21H26N2O3S/c1-25-20-9-14-2-3-23-12-15-8-16(13-22-4-6-26-7-5-22)27-21(15)11-18(23)17(14)10-19(20)24/h8-10,18,24H,2-7,11-13H2,1H3/t18-/m0/s1. The normalized spacial score (nSPS) is 22.8. The van der Waals surface area contributed by atoms with Crippen LogP contribution >= 0.6 is 11.3 Å². The van der Waals surface area contributed by atoms with Gasteiger partial charge in [-0.3, -0.25) is 9.80 Å². The van der Waals surface area contributed by atoms with Crippen LogP contribution < -0.4 is 4.74 Å². The van der Waals surface area contributed by atoms with Crippen LogP contribution in [0, 0.1) is 0 Å². The molecule has 144 valence electrons. The summed E-state index contributed by atoms with van der Waals surface area (Å²) in [5, 5.41) is 10.3. The minimum atomic E-state index is 0.253. The summed E-state index contributed by atoms with van der Waals surface area (Å²) in [6, 6.07) is 6.74. The van der Waals surface area contributed by atoms with Gasteiger partial charge in [0.2, 0.25) is 0 Å². The number of thiophene rings is 1. The van der Waals surface area contributed by atoms with Gasteiger partial charge in [0.25, 0.3) is 0 Å². The maximum absolute atomic E-state index is 10.3. The van der Waals surface area contributed by atoms with Gasteiger partial charge < -0.3 is 14.6 Å². The fraction of sp³-hybridized carbons (Fsp3) is 0.524. The smallest absolute Gasteiger partial charge is 0.160 e. The maximum Gasteiger partial charge on any atom is 0.160 e. The number of phenolic OH excluding ortho intramolecular Hbond substituents is 1. The zero-order valence-corrected chi connectivity index (χ0v) is 16.6. The van der Waals surface area contributed by atoms with Crippen LogP contribution in [0.1, 0.15) is 32.5 Å². The van der Waals surface area contributed by atoms with Crippen LogP contribution in [0.3, 0.4) is 0 Å². The molecule has 1 atom stereocenters. The lowest BCUT2D eigenvalue weighted by molar-refractivity contribution is 0.0346. The molecular formula is C21H26N2O3S. The van der Waals surface area contributed by atoms with Crippen molar-refractivity contribution in [1.82, 2.24) is 9.80 Å². The van der Waals surface area contributed by atoms with Gasteiger partial charge in [-0.15, -0.1) is 11.3 Å². The van der Waals surface area contributed by atoms with Gasteiger partial charge in [0.05, 0.1) is 20.3 Å². The lowest BCUT2D eigenvalue weighted by Gasteiger charge is -2.40. The fourth-order valence-electron chi connectivity index (χ4n) is 4.65. The number of ether oxygens (including phenoxy) is 2. The second-order valence-electron chi connectivity index (χ2n) is 7.71. The van der Waals surface area contributed by atoms with Gasteiger partial charge in [-0.05, 0) is 41.3 Å². The summed E-state index contributed by atoms with van der Waals surface area (Å²) in [6.45, 7) is 6.90. The van der Waals surface area contributed by atoms with E-state index in [1.54, 1.807) is 7.11 Å². The lowest BCUT2D eigenvalue weighted by atomic mass is 9.86. The molecule has 3 aliphatic heterocycles. The van der Waals surface area contributed by atoms with E-state index in [1.165, 1.54) is 26.4 Å². The highest BCUT2D eigenvalue weighted by Gasteiger charge is 2.34. The van der Waals surface area contributed by atoms with Gasteiger partial charge in [-0.1, -0.05) is 0 Å². The Morgan fingerprint density at radius 1 is 1.19 bits per heavy atom. The first kappa shape index (κ1) is 17.5. The summed E-state index contributed by atoms with van der Waals surface area (Å²) < 4.78 is 10.8. The Kier molecular flexibility index (Phi) is 4.60. The Balaban J connectivity index is 1.39. The van der Waals surface area contributed by atoms with E-state index < -0.39 is 0 Å². The molecule has 4 heterocycles. The number of aromatic hydroxyl groups is 1. The van der Waals surface area contributed by atoms with Crippen molar-refractivity contribution in [3.63, 3.8) is 0 Å². The first-order valence-corrected chi connectivity index (χ1v) is 10.6. The minimum absolute atomic E-state index is 0.253. The second kappa shape index (κ2) is 7.09. The number of benzene rings is 1. The van der Waals surface area contributed by atoms with E-state index in [0.29, 0.717) is 11.8 Å². The summed E-state index contributed by atoms with van der Waals surface area (Å²) in [5.74, 6) is 0.839. The van der Waals surface area contributed by atoms with Crippen LogP contribution in [0.25, 0.3) is 0 Å². The molecule has 1 fully saturated rings. The highest BCUT2D eigenvalue weighted by atomic mass is 32.1. The van der Waals surface area contributed by atoms with E-state index in [2.05, 4.69) is 15.9 Å². The number of morpholine rings is 1. The summed E-state index contributed by atoms with van der Waals surface area (Å²) in [6.07, 6.45) is 2.06. The summed E-state index contributed by atoms with van der Waals surface area (Å²) in [7, 11) is 1.62. The first-order valence-electron chi connectivity index (χ1n) is 9.75. The van der Waals surface area contributed by atoms with Crippen molar-refractivity contribution in [2.75, 3.05) is 40.0 Å². The molecule has 1 aromatic carbocycles. The van der Waals surface area contributed by atoms with Crippen molar-refractivity contribution < 1.29 is 14.6 Å². The quantitative estimate of drug-likeness (QED) is 0.879. The van der Waals surface area contributed by atoms with Crippen molar-refractivity contribution in [1.29, 1.82) is 0 Å². The largest absolute Gasteiger partial charge is 0.504 e. The minimum Gasteiger partial charge on any atom is -0.504 e. The van der Waals surface area contributed by atoms with Crippen molar-refractivity contribution in [3.8, 4) is 11.5 Å². The third kappa shape index (κ3) is 3.25. The Morgan fingerprint density at radius 3 is 2.85 bits per heavy atom. The molecule has 0 unspecified atom stereocenters. The number of fused-ring (bicyclic) bond motifs is 4. The molecule has 1 saturated heterocycles. The molecule has 0 aliphatic carbocycles. The summed E-state index contributed by atoms with van der Waals surface area (Å²) in [5.41, 5.74) is 4.09. The number of nitrogens with zero attached hydrogens (tertiary/aromatic N) is 2. The Morgan fingerprint density at radius 2 is 2.04 bits per heavy atom. The van der Waals surface area contributed by atoms with Crippen molar-refractivity contribution in [2.45, 2.75) is 32.0 Å². The molecule has 5 nitrogen and oxygen atoms in total. The fourth-order valence-corrected chi connectivity index (χ4v) is 5.91. The van der Waals surface area contributed by atoms with Gasteiger partial charge in [-0.25, -0.2) is 0 Å². The van der Waals surface area contributed by atoms with Crippen LogP contribution in [0.5, 0.6) is 11.5 Å². The molecule has 6 heteroatoms. The number of rotatable bonds is 3. The van der Waals surface area contributed by atoms with Crippen molar-refractivity contribution in [2.24, 2.45) is 0 Å². The van der Waals surface area contributed by atoms with Gasteiger partial charge in [0.1, 0.15) is 0 Å². The maximum atomic E-state index is 10.3. The molecule has 0 bridgehead atoms. The van der Waals surface area contributed by atoms with E-state index in [-0.39, 0.29) is 5.75 Å². The van der Waals surface area contributed by atoms with Crippen LogP contribution in [0.2, 0.25) is 0 Å². The van der Waals surface area contributed by atoms with Crippen LogP contribution in [-0.4, -0.2) is 54.9 Å². The zero-order valence-electron chi connectivity index (χ0n) is 15.7. The number of hydrogen-bond acceptors (Lipinski definition) is 6. The van der Waals surface area contributed by atoms with Crippen LogP contribution in [-0.2, 0) is 30.7 Å². The topological polar surface area (TPSA) is 45.2 Å². The highest BCUT2D eigenvalue weighted by Crippen LogP contribution is 2.43. The van der Waals surface area contributed by atoms with E-state index >= 15 is 0 Å².